The number of thiazole rings is 1. The highest BCUT2D eigenvalue weighted by Gasteiger charge is 2.56. The molecule has 4 aromatic rings. The van der Waals surface area contributed by atoms with E-state index in [1.54, 1.807) is 6.92 Å². The number of benzene rings is 1. The van der Waals surface area contributed by atoms with E-state index in [-0.39, 0.29) is 50.7 Å². The molecule has 24 heteroatoms. The number of aromatic nitrogens is 5. The summed E-state index contributed by atoms with van der Waals surface area (Å²) in [5.41, 5.74) is 5.83. The van der Waals surface area contributed by atoms with Crippen LogP contribution in [-0.4, -0.2) is 110 Å². The number of carbonyl (C=O) groups excluding carboxylic acids is 4. The molecule has 3 aromatic heterocycles. The van der Waals surface area contributed by atoms with E-state index in [4.69, 9.17) is 20.0 Å². The van der Waals surface area contributed by atoms with Crippen LogP contribution in [0, 0.1) is 12.8 Å². The van der Waals surface area contributed by atoms with Crippen molar-refractivity contribution in [1.82, 2.24) is 29.9 Å². The van der Waals surface area contributed by atoms with Crippen LogP contribution in [0.4, 0.5) is 5.13 Å². The number of oxime groups is 1. The number of carbonyl (C=O) groups is 7. The van der Waals surface area contributed by atoms with Crippen LogP contribution in [0.5, 0.6) is 11.5 Å². The highest BCUT2D eigenvalue weighted by Crippen LogP contribution is 2.46. The van der Waals surface area contributed by atoms with Crippen LogP contribution in [0.25, 0.3) is 5.78 Å². The normalized spacial score (nSPS) is 18.3. The molecule has 57 heavy (non-hydrogen) atoms. The topological polar surface area (TPSA) is 314 Å². The third-order valence-electron chi connectivity index (χ3n) is 8.23. The lowest BCUT2D eigenvalue weighted by Gasteiger charge is -2.46. The highest BCUT2D eigenvalue weighted by molar-refractivity contribution is 8.01. The summed E-state index contributed by atoms with van der Waals surface area (Å²) in [4.78, 5) is 105. The molecule has 6 rings (SSSR count). The van der Waals surface area contributed by atoms with Crippen molar-refractivity contribution in [1.29, 1.82) is 0 Å². The van der Waals surface area contributed by atoms with E-state index in [9.17, 15) is 48.9 Å². The first-order valence-corrected chi connectivity index (χ1v) is 19.1. The number of aryl methyl sites for hydroxylation is 1. The zero-order chi connectivity index (χ0) is 41.3. The molecule has 4 atom stereocenters. The molecule has 6 N–H and O–H groups in total. The number of aromatic carboxylic acids is 1. The molecule has 21 nitrogen and oxygen atoms in total. The Kier molecular flexibility index (Phi) is 11.6. The monoisotopic (exact) mass is 840 g/mol. The lowest BCUT2D eigenvalue weighted by atomic mass is 9.71. The molecule has 1 aromatic carbocycles. The molecule has 0 spiro atoms. The highest BCUT2D eigenvalue weighted by atomic mass is 32.2. The van der Waals surface area contributed by atoms with Gasteiger partial charge in [-0.05, 0) is 24.6 Å². The Bertz CT molecular complexity index is 2450. The number of thioether (sulfide) groups is 2. The van der Waals surface area contributed by atoms with Gasteiger partial charge in [-0.1, -0.05) is 11.2 Å². The number of ether oxygens (including phenoxy) is 2. The first-order chi connectivity index (χ1) is 27.0. The van der Waals surface area contributed by atoms with Gasteiger partial charge < -0.3 is 40.7 Å². The van der Waals surface area contributed by atoms with Crippen LogP contribution in [-0.2, 0) is 33.6 Å². The molecule has 1 aliphatic carbocycles. The predicted molar refractivity (Wildman–Crippen MR) is 198 cm³/mol. The number of rotatable bonds is 14. The zero-order valence-electron chi connectivity index (χ0n) is 29.5. The van der Waals surface area contributed by atoms with Crippen LogP contribution in [0.15, 0.2) is 51.0 Å². The molecule has 296 valence electrons. The van der Waals surface area contributed by atoms with Gasteiger partial charge in [0.2, 0.25) is 6.10 Å². The van der Waals surface area contributed by atoms with Crippen molar-refractivity contribution in [2.75, 3.05) is 17.2 Å². The fourth-order valence-electron chi connectivity index (χ4n) is 5.75. The Hall–Kier alpha value is -6.40. The molecule has 0 saturated heterocycles. The van der Waals surface area contributed by atoms with E-state index < -0.39 is 76.4 Å². The van der Waals surface area contributed by atoms with Crippen LogP contribution in [0.2, 0.25) is 0 Å². The second-order valence-electron chi connectivity index (χ2n) is 12.1. The number of esters is 2. The Morgan fingerprint density at radius 3 is 2.40 bits per heavy atom. The second-order valence-corrected chi connectivity index (χ2v) is 15.2. The summed E-state index contributed by atoms with van der Waals surface area (Å²) in [7, 11) is 0. The fourth-order valence-corrected chi connectivity index (χ4v) is 8.95. The van der Waals surface area contributed by atoms with Crippen molar-refractivity contribution >= 4 is 93.0 Å². The maximum atomic E-state index is 13.7. The van der Waals surface area contributed by atoms with Crippen molar-refractivity contribution in [3.05, 3.63) is 63.7 Å². The molecule has 0 radical (unpaired) electrons. The van der Waals surface area contributed by atoms with E-state index in [1.165, 1.54) is 51.7 Å². The average molecular weight is 841 g/mol. The third-order valence-corrected chi connectivity index (χ3v) is 11.6. The standard InChI is InChI=1S/C33H28N8O13S3/c1-11-19(7-41-33(35-11)38-27(39-41)31(50)51)55-8-15-9-56-26-21(20(15)29(46)47)24(44)23(26)37-28(45)22(16-10-57-32(34)36-16)40-54-25(30(48)49)14-4-5-17(52-12(2)42)18(6-14)53-13(3)43/h4-7,10,21,23,25-26H,8-9H2,1-3H3,(H2,34,36)(H,37,45)(H,46,47)(H,48,49)(H,50,51)/t21?,23-,25-,26-/m1/s1. The number of nitrogens with two attached hydrogens (primary N) is 1. The molecule has 1 saturated carbocycles. The zero-order valence-corrected chi connectivity index (χ0v) is 32.0. The number of aliphatic carboxylic acids is 2. The quantitative estimate of drug-likeness (QED) is 0.0395. The molecule has 1 amide bonds. The second kappa shape index (κ2) is 16.4. The summed E-state index contributed by atoms with van der Waals surface area (Å²) in [5.74, 6) is -8.93. The van der Waals surface area contributed by atoms with Gasteiger partial charge in [-0.25, -0.2) is 28.9 Å². The van der Waals surface area contributed by atoms with E-state index in [1.807, 2.05) is 0 Å². The van der Waals surface area contributed by atoms with Crippen LogP contribution in [0.1, 0.15) is 47.5 Å². The van der Waals surface area contributed by atoms with Gasteiger partial charge in [-0.15, -0.1) is 28.2 Å². The molecule has 1 aliphatic heterocycles. The number of anilines is 1. The molecule has 1 unspecified atom stereocenters. The van der Waals surface area contributed by atoms with Gasteiger partial charge in [0.25, 0.3) is 17.5 Å². The number of hydrogen-bond acceptors (Lipinski definition) is 19. The van der Waals surface area contributed by atoms with Gasteiger partial charge in [0.1, 0.15) is 11.7 Å². The number of amides is 1. The fraction of sp³-hybridized carbons (Fsp3) is 0.273. The van der Waals surface area contributed by atoms with Crippen molar-refractivity contribution < 1.29 is 63.2 Å². The number of carboxylic acids is 3. The van der Waals surface area contributed by atoms with Crippen LogP contribution in [0.3, 0.4) is 0 Å². The number of hydrogen-bond donors (Lipinski definition) is 5. The molecule has 2 aliphatic rings. The molecule has 1 fully saturated rings. The van der Waals surface area contributed by atoms with Gasteiger partial charge in [0.05, 0.1) is 11.6 Å². The minimum absolute atomic E-state index is 0.0221. The molecular formula is C33H28N8O13S3. The van der Waals surface area contributed by atoms with Gasteiger partial charge in [0, 0.05) is 58.2 Å². The van der Waals surface area contributed by atoms with Gasteiger partial charge in [0.15, 0.2) is 28.1 Å². The number of nitrogen functional groups attached to an aromatic ring is 1. The van der Waals surface area contributed by atoms with E-state index in [0.717, 1.165) is 31.3 Å². The van der Waals surface area contributed by atoms with Crippen LogP contribution < -0.4 is 20.5 Å². The number of fused-ring (bicyclic) bond motifs is 2. The van der Waals surface area contributed by atoms with Crippen molar-refractivity contribution in [2.24, 2.45) is 11.1 Å². The van der Waals surface area contributed by atoms with E-state index >= 15 is 0 Å². The Morgan fingerprint density at radius 1 is 1.05 bits per heavy atom. The Morgan fingerprint density at radius 2 is 1.77 bits per heavy atom. The van der Waals surface area contributed by atoms with Gasteiger partial charge >= 0.3 is 29.8 Å². The maximum absolute atomic E-state index is 13.7. The first-order valence-electron chi connectivity index (χ1n) is 16.2. The van der Waals surface area contributed by atoms with Crippen LogP contribution >= 0.6 is 34.9 Å². The minimum Gasteiger partial charge on any atom is -0.478 e. The summed E-state index contributed by atoms with van der Waals surface area (Å²) in [5, 5.41) is 40.4. The summed E-state index contributed by atoms with van der Waals surface area (Å²) in [6.07, 6.45) is -0.381. The van der Waals surface area contributed by atoms with Gasteiger partial charge in [-0.3, -0.25) is 19.2 Å². The number of Topliss-reactive ketones (excluding diaryl/α,β-unsaturated/α-hetero) is 1. The van der Waals surface area contributed by atoms with E-state index in [0.29, 0.717) is 16.2 Å². The molecular weight excluding hydrogens is 813 g/mol. The van der Waals surface area contributed by atoms with Gasteiger partial charge in [-0.2, -0.15) is 16.7 Å². The SMILES string of the molecule is CC(=O)Oc1ccc([C@@H](ON=C(C(=O)N[C@@H]2C(=O)C3C(C(=O)O)=C(CSc4cn5nc(C(=O)O)nc5nc4C)CS[C@H]32)c2csc(N)n2)C(=O)O)cc1OC(C)=O. The largest absolute Gasteiger partial charge is 0.478 e. The van der Waals surface area contributed by atoms with E-state index in [2.05, 4.69) is 30.5 Å². The van der Waals surface area contributed by atoms with Crippen molar-refractivity contribution in [3.63, 3.8) is 0 Å². The average Bonchev–Trinajstić information content (AvgIpc) is 3.76. The number of carboxylic acid groups (broad SMARTS) is 3. The van der Waals surface area contributed by atoms with Crippen molar-refractivity contribution in [2.45, 2.75) is 43.1 Å². The lowest BCUT2D eigenvalue weighted by Crippen LogP contribution is -2.66. The first kappa shape index (κ1) is 40.3. The smallest absolute Gasteiger partial charge is 0.375 e. The Balaban J connectivity index is 1.21. The summed E-state index contributed by atoms with van der Waals surface area (Å²) in [6, 6.07) is 2.29. The third kappa shape index (κ3) is 8.56. The summed E-state index contributed by atoms with van der Waals surface area (Å²) in [6.45, 7) is 3.86. The number of nitrogens with zero attached hydrogens (tertiary/aromatic N) is 6. The number of ketones is 1. The minimum atomic E-state index is -1.91. The number of nitrogens with one attached hydrogen (secondary N) is 1. The lowest BCUT2D eigenvalue weighted by molar-refractivity contribution is -0.151. The maximum Gasteiger partial charge on any atom is 0.375 e. The molecule has 4 heterocycles. The predicted octanol–water partition coefficient (Wildman–Crippen LogP) is 1.54. The molecule has 0 bridgehead atoms. The Labute approximate surface area is 331 Å². The summed E-state index contributed by atoms with van der Waals surface area (Å²) < 4.78 is 11.3. The summed E-state index contributed by atoms with van der Waals surface area (Å²) >= 11 is 3.41. The van der Waals surface area contributed by atoms with Crippen molar-refractivity contribution in [3.8, 4) is 11.5 Å².